The minimum absolute atomic E-state index is 0.152. The number of nitrogens with zero attached hydrogens (tertiary/aromatic N) is 3. The SMILES string of the molecule is CC(C)CN(CC(N)=O)c1cc(N)nc(C2CC2)n1. The molecule has 1 aromatic rings. The lowest BCUT2D eigenvalue weighted by Crippen LogP contribution is -2.37. The second-order valence-corrected chi connectivity index (χ2v) is 5.52. The van der Waals surface area contributed by atoms with Crippen molar-refractivity contribution in [3.05, 3.63) is 11.9 Å². The number of carbonyl (C=O) groups is 1. The van der Waals surface area contributed by atoms with Gasteiger partial charge in [-0.3, -0.25) is 4.79 Å². The smallest absolute Gasteiger partial charge is 0.236 e. The van der Waals surface area contributed by atoms with Crippen molar-refractivity contribution >= 4 is 17.5 Å². The molecule has 0 aliphatic heterocycles. The van der Waals surface area contributed by atoms with Crippen LogP contribution in [0.15, 0.2) is 6.07 Å². The van der Waals surface area contributed by atoms with Crippen LogP contribution in [0, 0.1) is 5.92 Å². The van der Waals surface area contributed by atoms with E-state index in [-0.39, 0.29) is 12.5 Å². The molecule has 1 amide bonds. The molecular formula is C13H21N5O. The predicted molar refractivity (Wildman–Crippen MR) is 74.7 cm³/mol. The average Bonchev–Trinajstić information content (AvgIpc) is 3.09. The number of aromatic nitrogens is 2. The minimum atomic E-state index is -0.370. The third-order valence-electron chi connectivity index (χ3n) is 2.95. The number of hydrogen-bond acceptors (Lipinski definition) is 5. The molecule has 0 aromatic carbocycles. The summed E-state index contributed by atoms with van der Waals surface area (Å²) in [6.07, 6.45) is 2.23. The number of primary amides is 1. The van der Waals surface area contributed by atoms with Crippen molar-refractivity contribution in [3.8, 4) is 0 Å². The molecule has 2 rings (SSSR count). The lowest BCUT2D eigenvalue weighted by molar-refractivity contribution is -0.116. The fourth-order valence-corrected chi connectivity index (χ4v) is 2.03. The average molecular weight is 263 g/mol. The van der Waals surface area contributed by atoms with Crippen LogP contribution in [0.5, 0.6) is 0 Å². The van der Waals surface area contributed by atoms with Crippen LogP contribution in [0.25, 0.3) is 0 Å². The topological polar surface area (TPSA) is 98.1 Å². The van der Waals surface area contributed by atoms with E-state index in [4.69, 9.17) is 11.5 Å². The molecule has 1 fully saturated rings. The van der Waals surface area contributed by atoms with Gasteiger partial charge in [0.2, 0.25) is 5.91 Å². The Labute approximate surface area is 113 Å². The molecular weight excluding hydrogens is 242 g/mol. The van der Waals surface area contributed by atoms with Gasteiger partial charge < -0.3 is 16.4 Å². The van der Waals surface area contributed by atoms with Crippen LogP contribution < -0.4 is 16.4 Å². The highest BCUT2D eigenvalue weighted by atomic mass is 16.1. The maximum absolute atomic E-state index is 11.2. The van der Waals surface area contributed by atoms with Crippen LogP contribution in [0.1, 0.15) is 38.4 Å². The molecule has 1 heterocycles. The fraction of sp³-hybridized carbons (Fsp3) is 0.615. The molecule has 19 heavy (non-hydrogen) atoms. The van der Waals surface area contributed by atoms with Crippen molar-refractivity contribution in [3.63, 3.8) is 0 Å². The standard InChI is InChI=1S/C13H21N5O/c1-8(2)6-18(7-11(15)19)12-5-10(14)16-13(17-12)9-3-4-9/h5,8-9H,3-4,6-7H2,1-2H3,(H2,15,19)(H2,14,16,17). The van der Waals surface area contributed by atoms with Crippen LogP contribution in [0.4, 0.5) is 11.6 Å². The summed E-state index contributed by atoms with van der Waals surface area (Å²) in [5.74, 6) is 2.39. The number of carbonyl (C=O) groups excluding carboxylic acids is 1. The third kappa shape index (κ3) is 3.81. The van der Waals surface area contributed by atoms with Gasteiger partial charge in [0.05, 0.1) is 6.54 Å². The molecule has 0 unspecified atom stereocenters. The van der Waals surface area contributed by atoms with Crippen molar-refractivity contribution in [1.29, 1.82) is 0 Å². The van der Waals surface area contributed by atoms with E-state index in [0.29, 0.717) is 30.0 Å². The zero-order valence-electron chi connectivity index (χ0n) is 11.5. The number of nitrogens with two attached hydrogens (primary N) is 2. The summed E-state index contributed by atoms with van der Waals surface area (Å²) in [4.78, 5) is 21.8. The first kappa shape index (κ1) is 13.6. The molecule has 1 saturated carbocycles. The Morgan fingerprint density at radius 2 is 2.16 bits per heavy atom. The zero-order valence-corrected chi connectivity index (χ0v) is 11.5. The molecule has 4 N–H and O–H groups in total. The van der Waals surface area contributed by atoms with Crippen LogP contribution in [0.2, 0.25) is 0 Å². The molecule has 6 heteroatoms. The van der Waals surface area contributed by atoms with Crippen LogP contribution in [0.3, 0.4) is 0 Å². The van der Waals surface area contributed by atoms with E-state index in [1.165, 1.54) is 0 Å². The van der Waals surface area contributed by atoms with E-state index in [9.17, 15) is 4.79 Å². The van der Waals surface area contributed by atoms with Gasteiger partial charge in [0.15, 0.2) is 0 Å². The predicted octanol–water partition coefficient (Wildman–Crippen LogP) is 0.884. The monoisotopic (exact) mass is 263 g/mol. The largest absolute Gasteiger partial charge is 0.384 e. The highest BCUT2D eigenvalue weighted by Crippen LogP contribution is 2.38. The normalized spacial score (nSPS) is 14.7. The van der Waals surface area contributed by atoms with Gasteiger partial charge in [-0.1, -0.05) is 13.8 Å². The van der Waals surface area contributed by atoms with Gasteiger partial charge in [-0.25, -0.2) is 9.97 Å². The van der Waals surface area contributed by atoms with E-state index in [0.717, 1.165) is 18.7 Å². The van der Waals surface area contributed by atoms with Gasteiger partial charge in [0.25, 0.3) is 0 Å². The lowest BCUT2D eigenvalue weighted by Gasteiger charge is -2.24. The fourth-order valence-electron chi connectivity index (χ4n) is 2.03. The number of rotatable bonds is 6. The molecule has 104 valence electrons. The van der Waals surface area contributed by atoms with Crippen LogP contribution in [-0.4, -0.2) is 29.0 Å². The van der Waals surface area contributed by atoms with Gasteiger partial charge in [-0.15, -0.1) is 0 Å². The number of anilines is 2. The Morgan fingerprint density at radius 1 is 1.47 bits per heavy atom. The van der Waals surface area contributed by atoms with Crippen molar-refractivity contribution in [1.82, 2.24) is 9.97 Å². The van der Waals surface area contributed by atoms with Crippen molar-refractivity contribution in [2.45, 2.75) is 32.6 Å². The highest BCUT2D eigenvalue weighted by Gasteiger charge is 2.28. The third-order valence-corrected chi connectivity index (χ3v) is 2.95. The summed E-state index contributed by atoms with van der Waals surface area (Å²) in [5, 5.41) is 0. The van der Waals surface area contributed by atoms with Gasteiger partial charge in [-0.2, -0.15) is 0 Å². The molecule has 0 saturated heterocycles. The first-order valence-electron chi connectivity index (χ1n) is 6.63. The van der Waals surface area contributed by atoms with Gasteiger partial charge in [0, 0.05) is 18.5 Å². The highest BCUT2D eigenvalue weighted by molar-refractivity contribution is 5.79. The van der Waals surface area contributed by atoms with Crippen molar-refractivity contribution in [2.75, 3.05) is 23.7 Å². The molecule has 0 bridgehead atoms. The summed E-state index contributed by atoms with van der Waals surface area (Å²) in [6, 6.07) is 1.71. The molecule has 1 aliphatic rings. The molecule has 0 radical (unpaired) electrons. The molecule has 0 atom stereocenters. The van der Waals surface area contributed by atoms with Gasteiger partial charge in [-0.05, 0) is 18.8 Å². The van der Waals surface area contributed by atoms with Crippen molar-refractivity contribution < 1.29 is 4.79 Å². The van der Waals surface area contributed by atoms with Crippen LogP contribution in [-0.2, 0) is 4.79 Å². The van der Waals surface area contributed by atoms with E-state index in [1.807, 2.05) is 4.90 Å². The summed E-state index contributed by atoms with van der Waals surface area (Å²) in [7, 11) is 0. The minimum Gasteiger partial charge on any atom is -0.384 e. The van der Waals surface area contributed by atoms with E-state index in [2.05, 4.69) is 23.8 Å². The Hall–Kier alpha value is -1.85. The summed E-state index contributed by atoms with van der Waals surface area (Å²) >= 11 is 0. The lowest BCUT2D eigenvalue weighted by atomic mass is 10.2. The zero-order chi connectivity index (χ0) is 14.0. The second-order valence-electron chi connectivity index (χ2n) is 5.52. The summed E-state index contributed by atoms with van der Waals surface area (Å²) < 4.78 is 0. The molecule has 1 aromatic heterocycles. The second kappa shape index (κ2) is 5.42. The van der Waals surface area contributed by atoms with E-state index in [1.54, 1.807) is 6.07 Å². The first-order valence-corrected chi connectivity index (χ1v) is 6.63. The summed E-state index contributed by atoms with van der Waals surface area (Å²) in [5.41, 5.74) is 11.1. The first-order chi connectivity index (χ1) is 8.95. The quantitative estimate of drug-likeness (QED) is 0.794. The number of amides is 1. The Bertz CT molecular complexity index is 470. The van der Waals surface area contributed by atoms with E-state index >= 15 is 0 Å². The number of hydrogen-bond donors (Lipinski definition) is 2. The Morgan fingerprint density at radius 3 is 2.68 bits per heavy atom. The molecule has 0 spiro atoms. The van der Waals surface area contributed by atoms with Gasteiger partial charge >= 0.3 is 0 Å². The maximum atomic E-state index is 11.2. The van der Waals surface area contributed by atoms with Crippen molar-refractivity contribution in [2.24, 2.45) is 11.7 Å². The molecule has 1 aliphatic carbocycles. The summed E-state index contributed by atoms with van der Waals surface area (Å²) in [6.45, 7) is 5.03. The van der Waals surface area contributed by atoms with E-state index < -0.39 is 0 Å². The maximum Gasteiger partial charge on any atom is 0.236 e. The number of nitrogen functional groups attached to an aromatic ring is 1. The van der Waals surface area contributed by atoms with Crippen LogP contribution >= 0.6 is 0 Å². The Kier molecular flexibility index (Phi) is 3.87. The molecule has 6 nitrogen and oxygen atoms in total. The van der Waals surface area contributed by atoms with Gasteiger partial charge in [0.1, 0.15) is 17.5 Å². The Balaban J connectivity index is 2.25.